The number of sulfone groups is 1. The van der Waals surface area contributed by atoms with Crippen LogP contribution in [0.2, 0.25) is 0 Å². The fourth-order valence-corrected chi connectivity index (χ4v) is 5.15. The predicted molar refractivity (Wildman–Crippen MR) is 122 cm³/mol. The molecule has 4 aromatic rings. The van der Waals surface area contributed by atoms with Crippen LogP contribution in [-0.4, -0.2) is 29.9 Å². The normalized spacial score (nSPS) is 12.7. The van der Waals surface area contributed by atoms with Gasteiger partial charge in [-0.05, 0) is 61.7 Å². The highest BCUT2D eigenvalue weighted by Gasteiger charge is 2.31. The Bertz CT molecular complexity index is 1320. The molecule has 1 atom stereocenters. The van der Waals surface area contributed by atoms with E-state index in [0.717, 1.165) is 22.2 Å². The number of benzene rings is 3. The smallest absolute Gasteiger partial charge is 0.206 e. The van der Waals surface area contributed by atoms with E-state index in [0.29, 0.717) is 11.1 Å². The van der Waals surface area contributed by atoms with Crippen molar-refractivity contribution in [3.8, 4) is 0 Å². The number of carbonyl (C=O) groups is 1. The molecule has 0 radical (unpaired) electrons. The van der Waals surface area contributed by atoms with E-state index in [1.54, 1.807) is 48.5 Å². The van der Waals surface area contributed by atoms with E-state index in [1.165, 1.54) is 0 Å². The first-order valence-corrected chi connectivity index (χ1v) is 11.8. The van der Waals surface area contributed by atoms with Crippen molar-refractivity contribution >= 4 is 26.7 Å². The van der Waals surface area contributed by atoms with Crippen LogP contribution in [0.1, 0.15) is 38.8 Å². The van der Waals surface area contributed by atoms with Crippen LogP contribution >= 0.6 is 0 Å². The van der Waals surface area contributed by atoms with Gasteiger partial charge in [-0.3, -0.25) is 4.79 Å². The van der Waals surface area contributed by atoms with Crippen molar-refractivity contribution in [2.24, 2.45) is 0 Å². The molecule has 31 heavy (non-hydrogen) atoms. The first kappa shape index (κ1) is 21.0. The molecule has 0 saturated heterocycles. The van der Waals surface area contributed by atoms with Crippen LogP contribution in [0.25, 0.3) is 11.0 Å². The number of nitrogens with zero attached hydrogens (tertiary/aromatic N) is 1. The third-order valence-electron chi connectivity index (χ3n) is 5.62. The van der Waals surface area contributed by atoms with E-state index in [2.05, 4.69) is 9.97 Å². The molecular formula is C25H24N2O3S. The Morgan fingerprint density at radius 3 is 2.26 bits per heavy atom. The maximum absolute atomic E-state index is 13.5. The van der Waals surface area contributed by atoms with E-state index in [4.69, 9.17) is 0 Å². The number of hydrogen-bond donors (Lipinski definition) is 1. The van der Waals surface area contributed by atoms with Crippen molar-refractivity contribution in [2.45, 2.75) is 31.6 Å². The molecule has 0 bridgehead atoms. The first-order valence-electron chi connectivity index (χ1n) is 10.1. The van der Waals surface area contributed by atoms with Gasteiger partial charge in [0.1, 0.15) is 0 Å². The Kier molecular flexibility index (Phi) is 5.50. The molecule has 0 aliphatic carbocycles. The Morgan fingerprint density at radius 1 is 0.935 bits per heavy atom. The standard InChI is InChI=1S/C25H24N2O3S/c1-16-9-11-20(12-10-16)31(29,30)15-21(19-7-5-4-6-8-19)24(28)25-26-22-13-17(2)18(3)14-23(22)27-25/h4-14,21H,15H2,1-3H3,(H,26,27). The highest BCUT2D eigenvalue weighted by Crippen LogP contribution is 2.27. The van der Waals surface area contributed by atoms with Crippen molar-refractivity contribution in [2.75, 3.05) is 5.75 Å². The van der Waals surface area contributed by atoms with Gasteiger partial charge in [-0.25, -0.2) is 13.4 Å². The molecule has 0 saturated carbocycles. The van der Waals surface area contributed by atoms with Gasteiger partial charge < -0.3 is 4.98 Å². The maximum Gasteiger partial charge on any atom is 0.206 e. The number of imidazole rings is 1. The maximum atomic E-state index is 13.5. The summed E-state index contributed by atoms with van der Waals surface area (Å²) in [4.78, 5) is 21.3. The van der Waals surface area contributed by atoms with E-state index in [1.807, 2.05) is 39.0 Å². The number of rotatable bonds is 6. The molecule has 0 aliphatic heterocycles. The molecule has 1 N–H and O–H groups in total. The summed E-state index contributed by atoms with van der Waals surface area (Å²) >= 11 is 0. The van der Waals surface area contributed by atoms with Crippen LogP contribution in [0.4, 0.5) is 0 Å². The highest BCUT2D eigenvalue weighted by atomic mass is 32.2. The topological polar surface area (TPSA) is 79.9 Å². The molecule has 3 aromatic carbocycles. The molecule has 158 valence electrons. The van der Waals surface area contributed by atoms with Crippen LogP contribution in [0.15, 0.2) is 71.6 Å². The Morgan fingerprint density at radius 2 is 1.58 bits per heavy atom. The molecule has 0 aliphatic rings. The van der Waals surface area contributed by atoms with Gasteiger partial charge in [0.05, 0.1) is 27.6 Å². The molecule has 0 amide bonds. The summed E-state index contributed by atoms with van der Waals surface area (Å²) in [7, 11) is -3.68. The van der Waals surface area contributed by atoms with Crippen LogP contribution < -0.4 is 0 Å². The number of hydrogen-bond acceptors (Lipinski definition) is 4. The van der Waals surface area contributed by atoms with Crippen molar-refractivity contribution in [3.05, 3.63) is 94.8 Å². The number of ketones is 1. The average molecular weight is 433 g/mol. The quantitative estimate of drug-likeness (QED) is 0.438. The monoisotopic (exact) mass is 432 g/mol. The van der Waals surface area contributed by atoms with Gasteiger partial charge in [0.15, 0.2) is 15.7 Å². The van der Waals surface area contributed by atoms with Crippen LogP contribution in [0.3, 0.4) is 0 Å². The third-order valence-corrected chi connectivity index (χ3v) is 7.38. The van der Waals surface area contributed by atoms with Crippen molar-refractivity contribution in [1.82, 2.24) is 9.97 Å². The minimum absolute atomic E-state index is 0.174. The van der Waals surface area contributed by atoms with Gasteiger partial charge in [0, 0.05) is 0 Å². The zero-order valence-electron chi connectivity index (χ0n) is 17.7. The number of nitrogens with one attached hydrogen (secondary N) is 1. The minimum atomic E-state index is -3.68. The minimum Gasteiger partial charge on any atom is -0.335 e. The predicted octanol–water partition coefficient (Wildman–Crippen LogP) is 4.93. The zero-order valence-corrected chi connectivity index (χ0v) is 18.5. The number of aromatic nitrogens is 2. The highest BCUT2D eigenvalue weighted by molar-refractivity contribution is 7.91. The molecule has 1 unspecified atom stereocenters. The second-order valence-corrected chi connectivity index (χ2v) is 10.00. The largest absolute Gasteiger partial charge is 0.335 e. The fraction of sp³-hybridized carbons (Fsp3) is 0.200. The Balaban J connectivity index is 1.75. The van der Waals surface area contributed by atoms with Gasteiger partial charge in [-0.1, -0.05) is 48.0 Å². The van der Waals surface area contributed by atoms with Crippen molar-refractivity contribution in [1.29, 1.82) is 0 Å². The third kappa shape index (κ3) is 4.30. The molecule has 1 heterocycles. The van der Waals surface area contributed by atoms with Gasteiger partial charge in [-0.2, -0.15) is 0 Å². The van der Waals surface area contributed by atoms with Crippen molar-refractivity contribution in [3.63, 3.8) is 0 Å². The van der Waals surface area contributed by atoms with Crippen LogP contribution in [0, 0.1) is 20.8 Å². The van der Waals surface area contributed by atoms with E-state index in [9.17, 15) is 13.2 Å². The summed E-state index contributed by atoms with van der Waals surface area (Å²) in [6, 6.07) is 19.6. The summed E-state index contributed by atoms with van der Waals surface area (Å²) < 4.78 is 26.3. The lowest BCUT2D eigenvalue weighted by Gasteiger charge is -2.16. The number of fused-ring (bicyclic) bond motifs is 1. The number of carbonyl (C=O) groups excluding carboxylic acids is 1. The second-order valence-electron chi connectivity index (χ2n) is 7.96. The Hall–Kier alpha value is -3.25. The lowest BCUT2D eigenvalue weighted by Crippen LogP contribution is -2.23. The molecule has 0 spiro atoms. The van der Waals surface area contributed by atoms with Crippen LogP contribution in [0.5, 0.6) is 0 Å². The van der Waals surface area contributed by atoms with Gasteiger partial charge >= 0.3 is 0 Å². The number of aryl methyl sites for hydroxylation is 3. The summed E-state index contributed by atoms with van der Waals surface area (Å²) in [5, 5.41) is 0. The average Bonchev–Trinajstić information content (AvgIpc) is 3.15. The van der Waals surface area contributed by atoms with Crippen molar-refractivity contribution < 1.29 is 13.2 Å². The molecule has 0 fully saturated rings. The lowest BCUT2D eigenvalue weighted by atomic mass is 9.96. The van der Waals surface area contributed by atoms with Crippen LogP contribution in [-0.2, 0) is 9.84 Å². The number of H-pyrrole nitrogens is 1. The summed E-state index contributed by atoms with van der Waals surface area (Å²) in [5.41, 5.74) is 5.26. The molecule has 1 aromatic heterocycles. The van der Waals surface area contributed by atoms with E-state index < -0.39 is 15.8 Å². The van der Waals surface area contributed by atoms with Gasteiger partial charge in [0.25, 0.3) is 0 Å². The summed E-state index contributed by atoms with van der Waals surface area (Å²) in [6.45, 7) is 5.89. The van der Waals surface area contributed by atoms with E-state index in [-0.39, 0.29) is 22.3 Å². The molecular weight excluding hydrogens is 408 g/mol. The Labute approximate surface area is 182 Å². The zero-order chi connectivity index (χ0) is 22.2. The second kappa shape index (κ2) is 8.12. The van der Waals surface area contributed by atoms with E-state index >= 15 is 0 Å². The molecule has 4 rings (SSSR count). The first-order chi connectivity index (χ1) is 14.7. The van der Waals surface area contributed by atoms with Gasteiger partial charge in [0.2, 0.25) is 5.78 Å². The fourth-order valence-electron chi connectivity index (χ4n) is 3.62. The number of Topliss-reactive ketones (excluding diaryl/α,β-unsaturated/α-hetero) is 1. The SMILES string of the molecule is Cc1ccc(S(=O)(=O)CC(C(=O)c2nc3cc(C)c(C)cc3[nH]2)c2ccccc2)cc1. The number of aromatic amines is 1. The summed E-state index contributed by atoms with van der Waals surface area (Å²) in [5.74, 6) is -1.36. The lowest BCUT2D eigenvalue weighted by molar-refractivity contribution is 0.0958. The molecule has 6 heteroatoms. The molecule has 5 nitrogen and oxygen atoms in total. The van der Waals surface area contributed by atoms with Gasteiger partial charge in [-0.15, -0.1) is 0 Å². The summed E-state index contributed by atoms with van der Waals surface area (Å²) in [6.07, 6.45) is 0.